The fourth-order valence-electron chi connectivity index (χ4n) is 5.36. The number of para-hydroxylation sites is 2. The van der Waals surface area contributed by atoms with Crippen molar-refractivity contribution in [3.05, 3.63) is 58.4 Å². The Kier molecular flexibility index (Phi) is 5.85. The molecule has 1 saturated heterocycles. The summed E-state index contributed by atoms with van der Waals surface area (Å²) < 4.78 is 8.35. The molecule has 2 aliphatic rings. The molecule has 3 aromatic rings. The van der Waals surface area contributed by atoms with E-state index < -0.39 is 0 Å². The predicted octanol–water partition coefficient (Wildman–Crippen LogP) is 5.64. The molecule has 2 heterocycles. The molecule has 168 valence electrons. The molecular weight excluding hydrogens is 422 g/mol. The van der Waals surface area contributed by atoms with Crippen LogP contribution in [0.5, 0.6) is 5.75 Å². The van der Waals surface area contributed by atoms with Gasteiger partial charge in [-0.05, 0) is 62.1 Å². The van der Waals surface area contributed by atoms with Crippen LogP contribution in [0, 0.1) is 13.8 Å². The summed E-state index contributed by atoms with van der Waals surface area (Å²) in [6.45, 7) is 5.99. The molecule has 0 N–H and O–H groups in total. The van der Waals surface area contributed by atoms with E-state index in [4.69, 9.17) is 21.3 Å². The highest BCUT2D eigenvalue weighted by Crippen LogP contribution is 2.35. The van der Waals surface area contributed by atoms with Crippen molar-refractivity contribution in [2.45, 2.75) is 64.5 Å². The van der Waals surface area contributed by atoms with Crippen molar-refractivity contribution in [2.24, 2.45) is 0 Å². The van der Waals surface area contributed by atoms with Crippen molar-refractivity contribution in [2.75, 3.05) is 13.2 Å². The van der Waals surface area contributed by atoms with E-state index in [0.29, 0.717) is 25.6 Å². The summed E-state index contributed by atoms with van der Waals surface area (Å²) in [6, 6.07) is 12.6. The zero-order valence-electron chi connectivity index (χ0n) is 18.8. The highest BCUT2D eigenvalue weighted by Gasteiger charge is 2.38. The number of halogens is 1. The van der Waals surface area contributed by atoms with E-state index in [0.717, 1.165) is 58.1 Å². The molecule has 1 amide bonds. The molecule has 0 spiro atoms. The maximum Gasteiger partial charge on any atom is 0.223 e. The number of hydrogen-bond donors (Lipinski definition) is 0. The van der Waals surface area contributed by atoms with Gasteiger partial charge in [0.2, 0.25) is 5.91 Å². The Hall–Kier alpha value is -2.53. The summed E-state index contributed by atoms with van der Waals surface area (Å²) in [5, 5.41) is 0.790. The summed E-state index contributed by atoms with van der Waals surface area (Å²) in [5.41, 5.74) is 4.12. The summed E-state index contributed by atoms with van der Waals surface area (Å²) in [6.07, 6.45) is 5.30. The number of amides is 1. The van der Waals surface area contributed by atoms with Crippen LogP contribution >= 0.6 is 11.6 Å². The molecule has 1 aliphatic heterocycles. The maximum absolute atomic E-state index is 12.8. The van der Waals surface area contributed by atoms with Gasteiger partial charge in [0.1, 0.15) is 18.2 Å². The lowest BCUT2D eigenvalue weighted by atomic mass is 10.1. The van der Waals surface area contributed by atoms with Gasteiger partial charge in [-0.25, -0.2) is 4.98 Å². The molecule has 1 aromatic heterocycles. The lowest BCUT2D eigenvalue weighted by molar-refractivity contribution is -0.129. The number of rotatable bonds is 6. The summed E-state index contributed by atoms with van der Waals surface area (Å²) in [5.74, 6) is 2.25. The quantitative estimate of drug-likeness (QED) is 0.487. The minimum atomic E-state index is 0.135. The number of ether oxygens (including phenoxy) is 1. The van der Waals surface area contributed by atoms with E-state index in [9.17, 15) is 4.79 Å². The highest BCUT2D eigenvalue weighted by molar-refractivity contribution is 6.32. The van der Waals surface area contributed by atoms with Crippen molar-refractivity contribution in [1.29, 1.82) is 0 Å². The molecule has 32 heavy (non-hydrogen) atoms. The molecule has 5 rings (SSSR count). The van der Waals surface area contributed by atoms with Gasteiger partial charge in [0.05, 0.1) is 17.6 Å². The number of carbonyl (C=O) groups is 1. The molecule has 1 saturated carbocycles. The Balaban J connectivity index is 1.37. The Morgan fingerprint density at radius 2 is 1.84 bits per heavy atom. The van der Waals surface area contributed by atoms with Crippen LogP contribution < -0.4 is 4.74 Å². The first-order chi connectivity index (χ1) is 15.5. The number of hydrogen-bond acceptors (Lipinski definition) is 3. The number of carbonyl (C=O) groups excluding carboxylic acids is 1. The van der Waals surface area contributed by atoms with E-state index >= 15 is 0 Å². The molecule has 1 atom stereocenters. The largest absolute Gasteiger partial charge is 0.492 e. The minimum Gasteiger partial charge on any atom is -0.492 e. The fourth-order valence-corrected chi connectivity index (χ4v) is 5.47. The van der Waals surface area contributed by atoms with Crippen LogP contribution in [0.15, 0.2) is 36.4 Å². The van der Waals surface area contributed by atoms with Crippen molar-refractivity contribution in [3.63, 3.8) is 0 Å². The molecule has 5 nitrogen and oxygen atoms in total. The Bertz CT molecular complexity index is 1130. The SMILES string of the molecule is Cc1cc(OCCn2c(C3CC(=O)N(C4CCCC4)C3)nc3ccccc32)cc(C)c1Cl. The number of likely N-dealkylation sites (tertiary alicyclic amines) is 1. The van der Waals surface area contributed by atoms with Gasteiger partial charge in [-0.15, -0.1) is 0 Å². The summed E-state index contributed by atoms with van der Waals surface area (Å²) >= 11 is 6.29. The van der Waals surface area contributed by atoms with E-state index in [2.05, 4.69) is 15.5 Å². The van der Waals surface area contributed by atoms with Crippen LogP contribution in [-0.4, -0.2) is 39.6 Å². The van der Waals surface area contributed by atoms with Gasteiger partial charge < -0.3 is 14.2 Å². The number of nitrogens with zero attached hydrogens (tertiary/aromatic N) is 3. The van der Waals surface area contributed by atoms with Crippen molar-refractivity contribution < 1.29 is 9.53 Å². The molecule has 0 bridgehead atoms. The number of benzene rings is 2. The van der Waals surface area contributed by atoms with Gasteiger partial charge in [-0.1, -0.05) is 36.6 Å². The normalized spacial score (nSPS) is 19.4. The Morgan fingerprint density at radius 3 is 2.59 bits per heavy atom. The van der Waals surface area contributed by atoms with Gasteiger partial charge in [0.15, 0.2) is 0 Å². The first kappa shape index (κ1) is 21.3. The van der Waals surface area contributed by atoms with Gasteiger partial charge in [-0.3, -0.25) is 4.79 Å². The molecule has 1 unspecified atom stereocenters. The van der Waals surface area contributed by atoms with Gasteiger partial charge >= 0.3 is 0 Å². The second kappa shape index (κ2) is 8.78. The number of imidazole rings is 1. The summed E-state index contributed by atoms with van der Waals surface area (Å²) in [7, 11) is 0. The summed E-state index contributed by atoms with van der Waals surface area (Å²) in [4.78, 5) is 19.9. The third kappa shape index (κ3) is 3.99. The molecule has 2 fully saturated rings. The van der Waals surface area contributed by atoms with E-state index in [1.54, 1.807) is 0 Å². The first-order valence-corrected chi connectivity index (χ1v) is 12.0. The average Bonchev–Trinajstić information content (AvgIpc) is 3.51. The van der Waals surface area contributed by atoms with Crippen molar-refractivity contribution in [1.82, 2.24) is 14.5 Å². The topological polar surface area (TPSA) is 47.4 Å². The maximum atomic E-state index is 12.8. The highest BCUT2D eigenvalue weighted by atomic mass is 35.5. The molecule has 2 aromatic carbocycles. The second-order valence-corrected chi connectivity index (χ2v) is 9.59. The van der Waals surface area contributed by atoms with Crippen molar-refractivity contribution >= 4 is 28.5 Å². The smallest absolute Gasteiger partial charge is 0.223 e. The standard InChI is InChI=1S/C26H30ClN3O2/c1-17-13-21(14-18(2)25(17)27)32-12-11-29-23-10-6-5-9-22(23)28-26(29)19-15-24(31)30(16-19)20-7-3-4-8-20/h5-6,9-10,13-14,19-20H,3-4,7-8,11-12,15-16H2,1-2H3. The third-order valence-corrected chi connectivity index (χ3v) is 7.56. The monoisotopic (exact) mass is 451 g/mol. The molecule has 1 aliphatic carbocycles. The van der Waals surface area contributed by atoms with Gasteiger partial charge in [0.25, 0.3) is 0 Å². The van der Waals surface area contributed by atoms with E-state index in [1.165, 1.54) is 12.8 Å². The van der Waals surface area contributed by atoms with Crippen LogP contribution in [0.4, 0.5) is 0 Å². The van der Waals surface area contributed by atoms with Gasteiger partial charge in [0, 0.05) is 29.9 Å². The third-order valence-electron chi connectivity index (χ3n) is 6.97. The van der Waals surface area contributed by atoms with Crippen LogP contribution in [-0.2, 0) is 11.3 Å². The predicted molar refractivity (Wildman–Crippen MR) is 127 cm³/mol. The minimum absolute atomic E-state index is 0.135. The lowest BCUT2D eigenvalue weighted by Crippen LogP contribution is -2.34. The van der Waals surface area contributed by atoms with Crippen LogP contribution in [0.25, 0.3) is 11.0 Å². The second-order valence-electron chi connectivity index (χ2n) is 9.22. The number of aryl methyl sites for hydroxylation is 2. The molecule has 0 radical (unpaired) electrons. The first-order valence-electron chi connectivity index (χ1n) is 11.7. The van der Waals surface area contributed by atoms with Crippen LogP contribution in [0.2, 0.25) is 5.02 Å². The number of aromatic nitrogens is 2. The zero-order chi connectivity index (χ0) is 22.2. The van der Waals surface area contributed by atoms with E-state index in [1.807, 2.05) is 44.2 Å². The van der Waals surface area contributed by atoms with Gasteiger partial charge in [-0.2, -0.15) is 0 Å². The van der Waals surface area contributed by atoms with Crippen molar-refractivity contribution in [3.8, 4) is 5.75 Å². The average molecular weight is 452 g/mol. The Morgan fingerprint density at radius 1 is 1.12 bits per heavy atom. The number of fused-ring (bicyclic) bond motifs is 1. The van der Waals surface area contributed by atoms with Crippen LogP contribution in [0.1, 0.15) is 55.0 Å². The fraction of sp³-hybridized carbons (Fsp3) is 0.462. The molecular formula is C26H30ClN3O2. The lowest BCUT2D eigenvalue weighted by Gasteiger charge is -2.24. The Labute approximate surface area is 194 Å². The molecule has 6 heteroatoms. The van der Waals surface area contributed by atoms with E-state index in [-0.39, 0.29) is 11.8 Å². The zero-order valence-corrected chi connectivity index (χ0v) is 19.6. The van der Waals surface area contributed by atoms with Crippen LogP contribution in [0.3, 0.4) is 0 Å².